The van der Waals surface area contributed by atoms with Crippen molar-refractivity contribution < 1.29 is 9.53 Å². The molecular weight excluding hydrogens is 368 g/mol. The van der Waals surface area contributed by atoms with Gasteiger partial charge in [0.25, 0.3) is 5.91 Å². The lowest BCUT2D eigenvalue weighted by Gasteiger charge is -2.09. The molecular formula is C23H26N2O2S. The molecule has 0 bridgehead atoms. The van der Waals surface area contributed by atoms with E-state index in [9.17, 15) is 4.79 Å². The number of fused-ring (bicyclic) bond motifs is 1. The first-order valence-electron chi connectivity index (χ1n) is 9.70. The number of carbonyl (C=O) groups is 1. The minimum absolute atomic E-state index is 0.0823. The Morgan fingerprint density at radius 2 is 2.04 bits per heavy atom. The molecule has 0 aliphatic heterocycles. The van der Waals surface area contributed by atoms with Crippen LogP contribution in [0.3, 0.4) is 0 Å². The van der Waals surface area contributed by atoms with Crippen LogP contribution in [0.15, 0.2) is 60.6 Å². The van der Waals surface area contributed by atoms with Crippen molar-refractivity contribution in [2.24, 2.45) is 0 Å². The van der Waals surface area contributed by atoms with Crippen LogP contribution in [-0.4, -0.2) is 17.5 Å². The van der Waals surface area contributed by atoms with Gasteiger partial charge in [0.05, 0.1) is 22.3 Å². The molecule has 3 aromatic rings. The number of amides is 1. The highest BCUT2D eigenvalue weighted by atomic mass is 32.1. The van der Waals surface area contributed by atoms with Crippen LogP contribution < -0.4 is 10.1 Å². The quantitative estimate of drug-likeness (QED) is 0.333. The number of nitrogens with zero attached hydrogens (tertiary/aromatic N) is 1. The molecule has 0 radical (unpaired) electrons. The largest absolute Gasteiger partial charge is 0.494 e. The van der Waals surface area contributed by atoms with Crippen LogP contribution in [-0.2, 0) is 6.54 Å². The van der Waals surface area contributed by atoms with E-state index in [0.717, 1.165) is 41.0 Å². The topological polar surface area (TPSA) is 51.2 Å². The Morgan fingerprint density at radius 3 is 2.93 bits per heavy atom. The fraction of sp³-hybridized carbons (Fsp3) is 0.304. The van der Waals surface area contributed by atoms with E-state index in [4.69, 9.17) is 4.74 Å². The first-order valence-corrected chi connectivity index (χ1v) is 10.6. The Balaban J connectivity index is 1.44. The molecule has 0 saturated heterocycles. The Morgan fingerprint density at radius 1 is 1.14 bits per heavy atom. The van der Waals surface area contributed by atoms with E-state index in [1.54, 1.807) is 5.51 Å². The lowest BCUT2D eigenvalue weighted by atomic mass is 10.1. The molecule has 0 unspecified atom stereocenters. The van der Waals surface area contributed by atoms with Gasteiger partial charge < -0.3 is 10.1 Å². The van der Waals surface area contributed by atoms with Crippen molar-refractivity contribution in [3.05, 3.63) is 71.8 Å². The molecule has 1 amide bonds. The number of unbranched alkanes of at least 4 members (excludes halogenated alkanes) is 4. The van der Waals surface area contributed by atoms with Gasteiger partial charge in [0.1, 0.15) is 5.75 Å². The van der Waals surface area contributed by atoms with Gasteiger partial charge in [0.15, 0.2) is 0 Å². The number of allylic oxidation sites excluding steroid dienone is 1. The van der Waals surface area contributed by atoms with Crippen molar-refractivity contribution in [1.29, 1.82) is 0 Å². The maximum Gasteiger partial charge on any atom is 0.251 e. The number of benzene rings is 2. The van der Waals surface area contributed by atoms with E-state index in [2.05, 4.69) is 16.9 Å². The summed E-state index contributed by atoms with van der Waals surface area (Å²) in [7, 11) is 0. The summed E-state index contributed by atoms with van der Waals surface area (Å²) in [5.41, 5.74) is 4.39. The molecule has 0 saturated carbocycles. The summed E-state index contributed by atoms with van der Waals surface area (Å²) in [6.45, 7) is 4.93. The van der Waals surface area contributed by atoms with Gasteiger partial charge in [0, 0.05) is 12.1 Å². The van der Waals surface area contributed by atoms with E-state index in [-0.39, 0.29) is 5.91 Å². The molecule has 2 aromatic carbocycles. The Bertz CT molecular complexity index is 920. The highest BCUT2D eigenvalue weighted by Gasteiger charge is 2.08. The van der Waals surface area contributed by atoms with Crippen molar-refractivity contribution in [3.63, 3.8) is 0 Å². The van der Waals surface area contributed by atoms with Crippen LogP contribution in [0.4, 0.5) is 0 Å². The van der Waals surface area contributed by atoms with E-state index in [1.165, 1.54) is 30.6 Å². The summed E-state index contributed by atoms with van der Waals surface area (Å²) in [5.74, 6) is 0.769. The molecule has 146 valence electrons. The van der Waals surface area contributed by atoms with Gasteiger partial charge in [-0.2, -0.15) is 0 Å². The van der Waals surface area contributed by atoms with Gasteiger partial charge in [-0.1, -0.05) is 31.1 Å². The van der Waals surface area contributed by atoms with Gasteiger partial charge in [-0.25, -0.2) is 4.98 Å². The number of hydrogen-bond donors (Lipinski definition) is 1. The summed E-state index contributed by atoms with van der Waals surface area (Å²) in [6.07, 6.45) is 7.71. The molecule has 1 N–H and O–H groups in total. The number of rotatable bonds is 11. The van der Waals surface area contributed by atoms with Gasteiger partial charge >= 0.3 is 0 Å². The number of nitrogens with one attached hydrogen (secondary N) is 1. The molecule has 4 nitrogen and oxygen atoms in total. The summed E-state index contributed by atoms with van der Waals surface area (Å²) < 4.78 is 6.87. The zero-order valence-corrected chi connectivity index (χ0v) is 16.8. The molecule has 0 spiro atoms. The zero-order chi connectivity index (χ0) is 19.6. The fourth-order valence-electron chi connectivity index (χ4n) is 2.96. The fourth-order valence-corrected chi connectivity index (χ4v) is 3.68. The Kier molecular flexibility index (Phi) is 7.62. The minimum atomic E-state index is -0.0823. The molecule has 0 fully saturated rings. The predicted molar refractivity (Wildman–Crippen MR) is 116 cm³/mol. The number of hydrogen-bond acceptors (Lipinski definition) is 4. The van der Waals surface area contributed by atoms with Crippen LogP contribution in [0.25, 0.3) is 10.2 Å². The maximum absolute atomic E-state index is 12.4. The average molecular weight is 395 g/mol. The zero-order valence-electron chi connectivity index (χ0n) is 16.0. The number of thiazole rings is 1. The van der Waals surface area contributed by atoms with Gasteiger partial charge in [-0.3, -0.25) is 4.79 Å². The van der Waals surface area contributed by atoms with E-state index in [1.807, 2.05) is 48.5 Å². The molecule has 3 rings (SSSR count). The number of carbonyl (C=O) groups excluding carboxylic acids is 1. The minimum Gasteiger partial charge on any atom is -0.494 e. The van der Waals surface area contributed by atoms with Crippen molar-refractivity contribution in [1.82, 2.24) is 10.3 Å². The predicted octanol–water partition coefficient (Wildman–Crippen LogP) is 5.74. The third kappa shape index (κ3) is 5.92. The van der Waals surface area contributed by atoms with Crippen molar-refractivity contribution in [2.45, 2.75) is 38.6 Å². The van der Waals surface area contributed by atoms with Crippen LogP contribution in [0.1, 0.15) is 48.0 Å². The Hall–Kier alpha value is -2.66. The van der Waals surface area contributed by atoms with Crippen LogP contribution in [0.5, 0.6) is 5.75 Å². The lowest BCUT2D eigenvalue weighted by Crippen LogP contribution is -2.22. The van der Waals surface area contributed by atoms with Gasteiger partial charge in [-0.15, -0.1) is 17.9 Å². The molecule has 0 atom stereocenters. The van der Waals surface area contributed by atoms with Crippen molar-refractivity contribution >= 4 is 27.5 Å². The SMILES string of the molecule is C=CCCCCCCOc1cccc(CNC(=O)c2ccc3ncsc3c2)c1. The third-order valence-electron chi connectivity index (χ3n) is 4.52. The number of aromatic nitrogens is 1. The Labute approximate surface area is 170 Å². The first-order chi connectivity index (χ1) is 13.8. The molecule has 1 heterocycles. The van der Waals surface area contributed by atoms with E-state index in [0.29, 0.717) is 12.1 Å². The molecule has 1 aromatic heterocycles. The normalized spacial score (nSPS) is 10.7. The standard InChI is InChI=1S/C23H26N2O2S/c1-2-3-4-5-6-7-13-27-20-10-8-9-18(14-20)16-24-23(26)19-11-12-21-22(15-19)28-17-25-21/h2,8-12,14-15,17H,1,3-7,13,16H2,(H,24,26). The van der Waals surface area contributed by atoms with Crippen molar-refractivity contribution in [3.8, 4) is 5.75 Å². The second kappa shape index (κ2) is 10.6. The van der Waals surface area contributed by atoms with Crippen molar-refractivity contribution in [2.75, 3.05) is 6.61 Å². The summed E-state index contributed by atoms with van der Waals surface area (Å²) >= 11 is 1.54. The third-order valence-corrected chi connectivity index (χ3v) is 5.31. The van der Waals surface area contributed by atoms with Gasteiger partial charge in [0.2, 0.25) is 0 Å². The molecule has 0 aliphatic rings. The molecule has 28 heavy (non-hydrogen) atoms. The average Bonchev–Trinajstić information content (AvgIpc) is 3.19. The lowest BCUT2D eigenvalue weighted by molar-refractivity contribution is 0.0951. The summed E-state index contributed by atoms with van der Waals surface area (Å²) in [5, 5.41) is 2.98. The smallest absolute Gasteiger partial charge is 0.251 e. The van der Waals surface area contributed by atoms with Crippen LogP contribution >= 0.6 is 11.3 Å². The highest BCUT2D eigenvalue weighted by Crippen LogP contribution is 2.19. The number of ether oxygens (including phenoxy) is 1. The second-order valence-electron chi connectivity index (χ2n) is 6.70. The maximum atomic E-state index is 12.4. The highest BCUT2D eigenvalue weighted by molar-refractivity contribution is 7.16. The summed E-state index contributed by atoms with van der Waals surface area (Å²) in [6, 6.07) is 13.5. The van der Waals surface area contributed by atoms with Crippen LogP contribution in [0.2, 0.25) is 0 Å². The molecule has 5 heteroatoms. The van der Waals surface area contributed by atoms with E-state index >= 15 is 0 Å². The summed E-state index contributed by atoms with van der Waals surface area (Å²) in [4.78, 5) is 16.7. The first kappa shape index (κ1) is 20.1. The molecule has 0 aliphatic carbocycles. The second-order valence-corrected chi connectivity index (χ2v) is 7.59. The van der Waals surface area contributed by atoms with E-state index < -0.39 is 0 Å². The van der Waals surface area contributed by atoms with Gasteiger partial charge in [-0.05, 0) is 55.2 Å². The van der Waals surface area contributed by atoms with Crippen LogP contribution in [0, 0.1) is 0 Å². The monoisotopic (exact) mass is 394 g/mol.